The smallest absolute Gasteiger partial charge is 0.258 e. The Morgan fingerprint density at radius 1 is 1.21 bits per heavy atom. The van der Waals surface area contributed by atoms with Gasteiger partial charge in [0.05, 0.1) is 30.7 Å². The second kappa shape index (κ2) is 9.30. The number of hydrogen-bond donors (Lipinski definition) is 3. The van der Waals surface area contributed by atoms with E-state index in [2.05, 4.69) is 9.97 Å². The van der Waals surface area contributed by atoms with Crippen molar-refractivity contribution in [3.05, 3.63) is 75.3 Å². The van der Waals surface area contributed by atoms with E-state index in [1.165, 1.54) is 0 Å². The average molecular weight is 403 g/mol. The van der Waals surface area contributed by atoms with Crippen molar-refractivity contribution in [3.63, 3.8) is 0 Å². The standard InChI is InChI=1S/C21H24ClN3O3/c1-14(15-7-9-16(22)10-8-15)28-13-17(26)11-25(2)12-20-23-19-6-4-3-5-18(19)21(27)24-20/h3-10,14,17,26H,11-13H2,1-2H3,(H,23,24,27)/p+1/t14-,17+/m1/s1. The van der Waals surface area contributed by atoms with Gasteiger partial charge in [0, 0.05) is 5.02 Å². The number of quaternary nitrogens is 1. The second-order valence-corrected chi connectivity index (χ2v) is 7.49. The minimum atomic E-state index is -0.623. The monoisotopic (exact) mass is 402 g/mol. The van der Waals surface area contributed by atoms with E-state index in [-0.39, 0.29) is 18.3 Å². The van der Waals surface area contributed by atoms with Crippen LogP contribution >= 0.6 is 11.6 Å². The number of aliphatic hydroxyl groups excluding tert-OH is 1. The molecule has 1 aromatic heterocycles. The molecule has 0 radical (unpaired) electrons. The minimum absolute atomic E-state index is 0.134. The van der Waals surface area contributed by atoms with E-state index in [1.807, 2.05) is 56.4 Å². The average Bonchev–Trinajstić information content (AvgIpc) is 2.66. The van der Waals surface area contributed by atoms with Crippen LogP contribution in [0.3, 0.4) is 0 Å². The largest absolute Gasteiger partial charge is 0.385 e. The van der Waals surface area contributed by atoms with Crippen molar-refractivity contribution < 1.29 is 14.7 Å². The molecule has 148 valence electrons. The number of fused-ring (bicyclic) bond motifs is 1. The topological polar surface area (TPSA) is 79.7 Å². The third-order valence-electron chi connectivity index (χ3n) is 4.59. The van der Waals surface area contributed by atoms with Crippen LogP contribution in [0.15, 0.2) is 53.3 Å². The summed E-state index contributed by atoms with van der Waals surface area (Å²) < 4.78 is 5.78. The third kappa shape index (κ3) is 5.39. The number of para-hydroxylation sites is 1. The number of hydrogen-bond acceptors (Lipinski definition) is 4. The first-order chi connectivity index (χ1) is 13.4. The number of nitrogens with one attached hydrogen (secondary N) is 2. The molecule has 0 saturated carbocycles. The lowest BCUT2D eigenvalue weighted by molar-refractivity contribution is -0.897. The van der Waals surface area contributed by atoms with Gasteiger partial charge in [-0.05, 0) is 36.8 Å². The molecule has 6 nitrogen and oxygen atoms in total. The highest BCUT2D eigenvalue weighted by Crippen LogP contribution is 2.19. The summed E-state index contributed by atoms with van der Waals surface area (Å²) in [7, 11) is 1.95. The molecule has 3 N–H and O–H groups in total. The summed E-state index contributed by atoms with van der Waals surface area (Å²) in [6.07, 6.45) is -0.757. The molecule has 0 aliphatic carbocycles. The molecule has 3 rings (SSSR count). The molecule has 0 spiro atoms. The summed E-state index contributed by atoms with van der Waals surface area (Å²) in [5, 5.41) is 11.6. The predicted molar refractivity (Wildman–Crippen MR) is 110 cm³/mol. The summed E-state index contributed by atoms with van der Waals surface area (Å²) in [6.45, 7) is 3.15. The van der Waals surface area contributed by atoms with Crippen molar-refractivity contribution in [2.45, 2.75) is 25.7 Å². The Morgan fingerprint density at radius 2 is 1.93 bits per heavy atom. The fourth-order valence-corrected chi connectivity index (χ4v) is 3.25. The summed E-state index contributed by atoms with van der Waals surface area (Å²) in [6, 6.07) is 14.7. The highest BCUT2D eigenvalue weighted by molar-refractivity contribution is 6.30. The minimum Gasteiger partial charge on any atom is -0.385 e. The molecule has 28 heavy (non-hydrogen) atoms. The number of aliphatic hydroxyl groups is 1. The maximum atomic E-state index is 12.2. The fraction of sp³-hybridized carbons (Fsp3) is 0.333. The zero-order chi connectivity index (χ0) is 20.1. The van der Waals surface area contributed by atoms with E-state index in [1.54, 1.807) is 6.07 Å². The van der Waals surface area contributed by atoms with Crippen molar-refractivity contribution in [2.75, 3.05) is 20.2 Å². The Labute approximate surface area is 168 Å². The number of aromatic nitrogens is 2. The Kier molecular flexibility index (Phi) is 6.80. The first kappa shape index (κ1) is 20.5. The lowest BCUT2D eigenvalue weighted by Crippen LogP contribution is -3.09. The molecule has 0 fully saturated rings. The lowest BCUT2D eigenvalue weighted by atomic mass is 10.1. The number of H-pyrrole nitrogens is 1. The number of aromatic amines is 1. The van der Waals surface area contributed by atoms with Crippen LogP contribution in [0.1, 0.15) is 24.4 Å². The molecule has 3 atom stereocenters. The second-order valence-electron chi connectivity index (χ2n) is 7.05. The van der Waals surface area contributed by atoms with Crippen molar-refractivity contribution >= 4 is 22.5 Å². The van der Waals surface area contributed by atoms with Gasteiger partial charge in [-0.15, -0.1) is 0 Å². The summed E-state index contributed by atoms with van der Waals surface area (Å²) in [4.78, 5) is 20.5. The lowest BCUT2D eigenvalue weighted by Gasteiger charge is -2.20. The zero-order valence-electron chi connectivity index (χ0n) is 16.0. The number of ether oxygens (including phenoxy) is 1. The maximum Gasteiger partial charge on any atom is 0.258 e. The Bertz CT molecular complexity index is 975. The van der Waals surface area contributed by atoms with E-state index in [0.717, 1.165) is 10.5 Å². The van der Waals surface area contributed by atoms with E-state index in [4.69, 9.17) is 16.3 Å². The van der Waals surface area contributed by atoms with Crippen LogP contribution in [0, 0.1) is 0 Å². The molecular weight excluding hydrogens is 378 g/mol. The number of benzene rings is 2. The van der Waals surface area contributed by atoms with Gasteiger partial charge < -0.3 is 19.7 Å². The highest BCUT2D eigenvalue weighted by Gasteiger charge is 2.16. The van der Waals surface area contributed by atoms with Crippen LogP contribution in [0.5, 0.6) is 0 Å². The maximum absolute atomic E-state index is 12.2. The van der Waals surface area contributed by atoms with Crippen molar-refractivity contribution in [2.24, 2.45) is 0 Å². The van der Waals surface area contributed by atoms with Gasteiger partial charge in [-0.25, -0.2) is 4.98 Å². The molecule has 0 bridgehead atoms. The van der Waals surface area contributed by atoms with Gasteiger partial charge in [0.1, 0.15) is 19.2 Å². The van der Waals surface area contributed by atoms with E-state index >= 15 is 0 Å². The van der Waals surface area contributed by atoms with Gasteiger partial charge in [-0.1, -0.05) is 35.9 Å². The Balaban J connectivity index is 1.52. The predicted octanol–water partition coefficient (Wildman–Crippen LogP) is 1.73. The van der Waals surface area contributed by atoms with Gasteiger partial charge in [-0.2, -0.15) is 0 Å². The summed E-state index contributed by atoms with van der Waals surface area (Å²) in [5.41, 5.74) is 1.54. The molecular formula is C21H25ClN3O3+. The van der Waals surface area contributed by atoms with E-state index < -0.39 is 6.10 Å². The van der Waals surface area contributed by atoms with Crippen LogP contribution in [0.2, 0.25) is 5.02 Å². The van der Waals surface area contributed by atoms with Crippen LogP contribution < -0.4 is 10.5 Å². The molecule has 7 heteroatoms. The molecule has 2 aromatic carbocycles. The molecule has 3 aromatic rings. The van der Waals surface area contributed by atoms with Crippen molar-refractivity contribution in [1.29, 1.82) is 0 Å². The first-order valence-electron chi connectivity index (χ1n) is 9.26. The third-order valence-corrected chi connectivity index (χ3v) is 4.85. The van der Waals surface area contributed by atoms with Crippen LogP contribution in [-0.2, 0) is 11.3 Å². The van der Waals surface area contributed by atoms with Gasteiger partial charge in [0.2, 0.25) is 0 Å². The number of likely N-dealkylation sites (N-methyl/N-ethyl adjacent to an activating group) is 1. The zero-order valence-corrected chi connectivity index (χ0v) is 16.7. The number of halogens is 1. The van der Waals surface area contributed by atoms with E-state index in [9.17, 15) is 9.90 Å². The van der Waals surface area contributed by atoms with Crippen LogP contribution in [-0.4, -0.2) is 41.4 Å². The Hall–Kier alpha value is -2.25. The van der Waals surface area contributed by atoms with Gasteiger partial charge in [-0.3, -0.25) is 4.79 Å². The molecule has 0 aliphatic rings. The van der Waals surface area contributed by atoms with Crippen LogP contribution in [0.25, 0.3) is 10.9 Å². The molecule has 1 unspecified atom stereocenters. The number of nitrogens with zero attached hydrogens (tertiary/aromatic N) is 1. The summed E-state index contributed by atoms with van der Waals surface area (Å²) >= 11 is 5.90. The SMILES string of the molecule is C[C@@H](OC[C@@H](O)C[NH+](C)Cc1nc2ccccc2c(=O)[nH]1)c1ccc(Cl)cc1. The fourth-order valence-electron chi connectivity index (χ4n) is 3.12. The van der Waals surface area contributed by atoms with Gasteiger partial charge >= 0.3 is 0 Å². The molecule has 0 aliphatic heterocycles. The van der Waals surface area contributed by atoms with Gasteiger partial charge in [0.15, 0.2) is 5.82 Å². The van der Waals surface area contributed by atoms with Crippen LogP contribution in [0.4, 0.5) is 0 Å². The first-order valence-corrected chi connectivity index (χ1v) is 9.64. The normalized spacial score (nSPS) is 14.7. The quantitative estimate of drug-likeness (QED) is 0.536. The van der Waals surface area contributed by atoms with E-state index in [0.29, 0.717) is 34.8 Å². The number of rotatable bonds is 8. The summed E-state index contributed by atoms with van der Waals surface area (Å²) in [5.74, 6) is 0.601. The van der Waals surface area contributed by atoms with Gasteiger partial charge in [0.25, 0.3) is 5.56 Å². The van der Waals surface area contributed by atoms with Crippen molar-refractivity contribution in [1.82, 2.24) is 9.97 Å². The molecule has 1 heterocycles. The van der Waals surface area contributed by atoms with Crippen molar-refractivity contribution in [3.8, 4) is 0 Å². The Morgan fingerprint density at radius 3 is 2.68 bits per heavy atom. The molecule has 0 saturated heterocycles. The molecule has 0 amide bonds. The highest BCUT2D eigenvalue weighted by atomic mass is 35.5.